The molecule has 0 aliphatic rings. The van der Waals surface area contributed by atoms with Crippen LogP contribution in [0.25, 0.3) is 21.3 Å². The topological polar surface area (TPSA) is 85.9 Å². The van der Waals surface area contributed by atoms with E-state index >= 15 is 0 Å². The lowest BCUT2D eigenvalue weighted by molar-refractivity contribution is 0.600. The fraction of sp³-hybridized carbons (Fsp3) is 0.143. The summed E-state index contributed by atoms with van der Waals surface area (Å²) in [5.74, 6) is -0.0773. The van der Waals surface area contributed by atoms with E-state index in [0.29, 0.717) is 10.8 Å². The van der Waals surface area contributed by atoms with E-state index in [4.69, 9.17) is 5.73 Å². The van der Waals surface area contributed by atoms with Crippen molar-refractivity contribution in [3.8, 4) is 11.1 Å². The SMILES string of the molecule is CS(=O)(=O)Cc1ncccc1-c1ccc2nc(N)sc2c1. The van der Waals surface area contributed by atoms with Crippen LogP contribution in [0.1, 0.15) is 5.69 Å². The predicted molar refractivity (Wildman–Crippen MR) is 85.8 cm³/mol. The molecule has 5 nitrogen and oxygen atoms in total. The van der Waals surface area contributed by atoms with Gasteiger partial charge in [0.2, 0.25) is 0 Å². The first-order valence-corrected chi connectivity index (χ1v) is 9.08. The standard InChI is InChI=1S/C14H13N3O2S2/c1-21(18,19)8-12-10(3-2-6-16-12)9-4-5-11-13(7-9)20-14(15)17-11/h2-7H,8H2,1H3,(H2,15,17). The summed E-state index contributed by atoms with van der Waals surface area (Å²) in [6.07, 6.45) is 2.81. The van der Waals surface area contributed by atoms with Crippen LogP contribution in [-0.2, 0) is 15.6 Å². The second-order valence-corrected chi connectivity index (χ2v) is 8.00. The minimum atomic E-state index is -3.14. The molecule has 0 saturated carbocycles. The summed E-state index contributed by atoms with van der Waals surface area (Å²) in [4.78, 5) is 8.42. The Labute approximate surface area is 126 Å². The number of nitrogens with zero attached hydrogens (tertiary/aromatic N) is 2. The number of nitrogen functional groups attached to an aromatic ring is 1. The molecule has 2 N–H and O–H groups in total. The molecule has 0 spiro atoms. The van der Waals surface area contributed by atoms with E-state index in [1.54, 1.807) is 12.3 Å². The smallest absolute Gasteiger partial charge is 0.181 e. The van der Waals surface area contributed by atoms with Crippen LogP contribution in [-0.4, -0.2) is 24.6 Å². The number of sulfone groups is 1. The molecule has 0 atom stereocenters. The molecule has 2 aromatic heterocycles. The molecule has 0 fully saturated rings. The minimum absolute atomic E-state index is 0.0773. The number of aromatic nitrogens is 2. The van der Waals surface area contributed by atoms with E-state index in [0.717, 1.165) is 21.3 Å². The quantitative estimate of drug-likeness (QED) is 0.801. The van der Waals surface area contributed by atoms with Crippen LogP contribution in [0.5, 0.6) is 0 Å². The van der Waals surface area contributed by atoms with Crippen molar-refractivity contribution in [2.24, 2.45) is 0 Å². The molecule has 3 rings (SSSR count). The molecule has 3 aromatic rings. The molecule has 0 saturated heterocycles. The highest BCUT2D eigenvalue weighted by Gasteiger charge is 2.13. The van der Waals surface area contributed by atoms with Crippen molar-refractivity contribution < 1.29 is 8.42 Å². The van der Waals surface area contributed by atoms with Gasteiger partial charge in [-0.3, -0.25) is 4.98 Å². The van der Waals surface area contributed by atoms with Crippen molar-refractivity contribution in [3.05, 3.63) is 42.2 Å². The lowest BCUT2D eigenvalue weighted by Crippen LogP contribution is -2.04. The van der Waals surface area contributed by atoms with Gasteiger partial charge in [0.15, 0.2) is 15.0 Å². The zero-order valence-electron chi connectivity index (χ0n) is 11.3. The molecular weight excluding hydrogens is 306 g/mol. The highest BCUT2D eigenvalue weighted by atomic mass is 32.2. The van der Waals surface area contributed by atoms with Gasteiger partial charge in [-0.25, -0.2) is 13.4 Å². The van der Waals surface area contributed by atoms with Gasteiger partial charge in [-0.15, -0.1) is 0 Å². The Morgan fingerprint density at radius 2 is 2.10 bits per heavy atom. The van der Waals surface area contributed by atoms with E-state index < -0.39 is 9.84 Å². The number of hydrogen-bond acceptors (Lipinski definition) is 6. The normalized spacial score (nSPS) is 11.9. The Bertz CT molecular complexity index is 917. The molecule has 0 aliphatic carbocycles. The third kappa shape index (κ3) is 3.03. The van der Waals surface area contributed by atoms with Gasteiger partial charge in [0.1, 0.15) is 0 Å². The number of anilines is 1. The molecule has 0 bridgehead atoms. The molecule has 0 aliphatic heterocycles. The van der Waals surface area contributed by atoms with Crippen LogP contribution in [0.2, 0.25) is 0 Å². The summed E-state index contributed by atoms with van der Waals surface area (Å²) < 4.78 is 24.0. The predicted octanol–water partition coefficient (Wildman–Crippen LogP) is 2.49. The molecule has 1 aromatic carbocycles. The second-order valence-electron chi connectivity index (χ2n) is 4.80. The zero-order chi connectivity index (χ0) is 15.0. The monoisotopic (exact) mass is 319 g/mol. The Morgan fingerprint density at radius 3 is 2.86 bits per heavy atom. The van der Waals surface area contributed by atoms with Gasteiger partial charge in [0, 0.05) is 18.0 Å². The Balaban J connectivity index is 2.13. The lowest BCUT2D eigenvalue weighted by atomic mass is 10.0. The molecule has 7 heteroatoms. The fourth-order valence-electron chi connectivity index (χ4n) is 2.17. The van der Waals surface area contributed by atoms with E-state index in [1.807, 2.05) is 24.3 Å². The number of thiazole rings is 1. The second kappa shape index (κ2) is 5.09. The number of pyridine rings is 1. The van der Waals surface area contributed by atoms with Gasteiger partial charge in [-0.05, 0) is 23.8 Å². The van der Waals surface area contributed by atoms with Crippen molar-refractivity contribution in [3.63, 3.8) is 0 Å². The molecule has 108 valence electrons. The van der Waals surface area contributed by atoms with Gasteiger partial charge in [-0.1, -0.05) is 23.5 Å². The van der Waals surface area contributed by atoms with E-state index in [9.17, 15) is 8.42 Å². The Kier molecular flexibility index (Phi) is 3.38. The largest absolute Gasteiger partial charge is 0.375 e. The highest BCUT2D eigenvalue weighted by molar-refractivity contribution is 7.89. The fourth-order valence-corrected chi connectivity index (χ4v) is 3.67. The average Bonchev–Trinajstić information content (AvgIpc) is 2.76. The van der Waals surface area contributed by atoms with Crippen molar-refractivity contribution >= 4 is 36.5 Å². The van der Waals surface area contributed by atoms with Crippen LogP contribution in [0.4, 0.5) is 5.13 Å². The van der Waals surface area contributed by atoms with Gasteiger partial charge in [0.25, 0.3) is 0 Å². The molecule has 21 heavy (non-hydrogen) atoms. The molecule has 0 unspecified atom stereocenters. The van der Waals surface area contributed by atoms with Crippen molar-refractivity contribution in [1.29, 1.82) is 0 Å². The first-order chi connectivity index (χ1) is 9.92. The maximum absolute atomic E-state index is 11.5. The van der Waals surface area contributed by atoms with E-state index in [2.05, 4.69) is 9.97 Å². The van der Waals surface area contributed by atoms with Crippen molar-refractivity contribution in [2.45, 2.75) is 5.75 Å². The maximum Gasteiger partial charge on any atom is 0.181 e. The van der Waals surface area contributed by atoms with Crippen molar-refractivity contribution in [2.75, 3.05) is 12.0 Å². The van der Waals surface area contributed by atoms with Gasteiger partial charge in [-0.2, -0.15) is 0 Å². The number of rotatable bonds is 3. The number of fused-ring (bicyclic) bond motifs is 1. The van der Waals surface area contributed by atoms with Gasteiger partial charge in [0.05, 0.1) is 21.7 Å². The maximum atomic E-state index is 11.5. The summed E-state index contributed by atoms with van der Waals surface area (Å²) in [6, 6.07) is 9.43. The molecule has 2 heterocycles. The summed E-state index contributed by atoms with van der Waals surface area (Å²) in [6.45, 7) is 0. The molecule has 0 radical (unpaired) electrons. The molecule has 0 amide bonds. The highest BCUT2D eigenvalue weighted by Crippen LogP contribution is 2.30. The number of benzene rings is 1. The summed E-state index contributed by atoms with van der Waals surface area (Å²) in [7, 11) is -3.14. The van der Waals surface area contributed by atoms with Crippen LogP contribution in [0, 0.1) is 0 Å². The summed E-state index contributed by atoms with van der Waals surface area (Å²) in [5.41, 5.74) is 8.83. The van der Waals surface area contributed by atoms with Crippen LogP contribution in [0.15, 0.2) is 36.5 Å². The Morgan fingerprint density at radius 1 is 1.29 bits per heavy atom. The summed E-state index contributed by atoms with van der Waals surface area (Å²) >= 11 is 1.41. The average molecular weight is 319 g/mol. The first-order valence-electron chi connectivity index (χ1n) is 6.20. The van der Waals surface area contributed by atoms with Crippen molar-refractivity contribution in [1.82, 2.24) is 9.97 Å². The van der Waals surface area contributed by atoms with Gasteiger partial charge >= 0.3 is 0 Å². The minimum Gasteiger partial charge on any atom is -0.375 e. The van der Waals surface area contributed by atoms with Crippen LogP contribution in [0.3, 0.4) is 0 Å². The lowest BCUT2D eigenvalue weighted by Gasteiger charge is -2.07. The number of nitrogens with two attached hydrogens (primary N) is 1. The summed E-state index contributed by atoms with van der Waals surface area (Å²) in [5, 5.41) is 0.518. The number of hydrogen-bond donors (Lipinski definition) is 1. The Hall–Kier alpha value is -1.99. The molecular formula is C14H13N3O2S2. The first kappa shape index (κ1) is 14.0. The zero-order valence-corrected chi connectivity index (χ0v) is 12.9. The van der Waals surface area contributed by atoms with Crippen LogP contribution >= 0.6 is 11.3 Å². The van der Waals surface area contributed by atoms with Gasteiger partial charge < -0.3 is 5.73 Å². The third-order valence-corrected chi connectivity index (χ3v) is 4.65. The third-order valence-electron chi connectivity index (χ3n) is 3.01. The van der Waals surface area contributed by atoms with E-state index in [-0.39, 0.29) is 5.75 Å². The van der Waals surface area contributed by atoms with Crippen LogP contribution < -0.4 is 5.73 Å². The van der Waals surface area contributed by atoms with E-state index in [1.165, 1.54) is 17.6 Å².